The maximum absolute atomic E-state index is 10.2. The van der Waals surface area contributed by atoms with E-state index in [0.717, 1.165) is 0 Å². The van der Waals surface area contributed by atoms with Crippen LogP contribution < -0.4 is 10.9 Å². The Morgan fingerprint density at radius 2 is 2.00 bits per heavy atom. The van der Waals surface area contributed by atoms with Gasteiger partial charge in [-0.25, -0.2) is 13.6 Å². The van der Waals surface area contributed by atoms with Crippen LogP contribution in [-0.4, -0.2) is 19.5 Å². The van der Waals surface area contributed by atoms with Crippen LogP contribution in [0.25, 0.3) is 0 Å². The summed E-state index contributed by atoms with van der Waals surface area (Å²) in [6.45, 7) is 0. The first kappa shape index (κ1) is 8.22. The number of rotatable bonds is 2. The molecule has 0 aromatic heterocycles. The quantitative estimate of drug-likeness (QED) is 0.425. The van der Waals surface area contributed by atoms with Crippen molar-refractivity contribution < 1.29 is 8.42 Å². The molecule has 0 aliphatic heterocycles. The summed E-state index contributed by atoms with van der Waals surface area (Å²) < 4.78 is 20.3. The fraction of sp³-hybridized carbons (Fsp3) is 1.00. The van der Waals surface area contributed by atoms with Gasteiger partial charge in [-0.3, -0.25) is 0 Å². The fourth-order valence-electron chi connectivity index (χ4n) is 0.104. The summed E-state index contributed by atoms with van der Waals surface area (Å²) in [4.78, 5) is 0. The van der Waals surface area contributed by atoms with E-state index in [0.29, 0.717) is 0 Å². The standard InChI is InChI=1S/C2H8N2O2S2/c3-2(1-7)8(4,5)6/h2,7H,1,3H2,(H2,4,5,6)/t2-/m1/s1. The van der Waals surface area contributed by atoms with Crippen molar-refractivity contribution in [3.63, 3.8) is 0 Å². The van der Waals surface area contributed by atoms with Gasteiger partial charge >= 0.3 is 0 Å². The molecule has 8 heavy (non-hydrogen) atoms. The third-order valence-corrected chi connectivity index (χ3v) is 2.25. The molecule has 0 bridgehead atoms. The highest BCUT2D eigenvalue weighted by Crippen LogP contribution is 1.87. The van der Waals surface area contributed by atoms with Crippen LogP contribution in [0.3, 0.4) is 0 Å². The van der Waals surface area contributed by atoms with Gasteiger partial charge in [-0.1, -0.05) is 0 Å². The van der Waals surface area contributed by atoms with Crippen molar-refractivity contribution in [2.45, 2.75) is 5.37 Å². The topological polar surface area (TPSA) is 86.2 Å². The molecule has 0 heterocycles. The Balaban J connectivity index is 4.04. The molecular formula is C2H8N2O2S2. The highest BCUT2D eigenvalue weighted by Gasteiger charge is 2.12. The molecule has 4 nitrogen and oxygen atoms in total. The van der Waals surface area contributed by atoms with Crippen molar-refractivity contribution in [3.05, 3.63) is 0 Å². The van der Waals surface area contributed by atoms with Crippen molar-refractivity contribution >= 4 is 22.7 Å². The molecule has 0 aliphatic carbocycles. The normalized spacial score (nSPS) is 15.9. The van der Waals surface area contributed by atoms with Crippen LogP contribution in [0.15, 0.2) is 0 Å². The molecule has 0 saturated heterocycles. The molecule has 0 rings (SSSR count). The van der Waals surface area contributed by atoms with Crippen LogP contribution in [0.5, 0.6) is 0 Å². The zero-order chi connectivity index (χ0) is 6.78. The van der Waals surface area contributed by atoms with E-state index in [2.05, 4.69) is 17.8 Å². The summed E-state index contributed by atoms with van der Waals surface area (Å²) in [7, 11) is -3.55. The first-order valence-corrected chi connectivity index (χ1v) is 4.10. The number of nitrogens with two attached hydrogens (primary N) is 2. The molecule has 0 amide bonds. The minimum absolute atomic E-state index is 0.0544. The van der Waals surface area contributed by atoms with E-state index in [1.807, 2.05) is 0 Å². The van der Waals surface area contributed by atoms with Crippen molar-refractivity contribution in [3.8, 4) is 0 Å². The summed E-state index contributed by atoms with van der Waals surface area (Å²) in [6.07, 6.45) is 0. The van der Waals surface area contributed by atoms with Gasteiger partial charge in [0.1, 0.15) is 5.37 Å². The zero-order valence-electron chi connectivity index (χ0n) is 4.11. The molecule has 0 unspecified atom stereocenters. The Kier molecular flexibility index (Phi) is 2.75. The Labute approximate surface area is 53.7 Å². The van der Waals surface area contributed by atoms with Crippen LogP contribution in [0, 0.1) is 0 Å². The molecule has 0 spiro atoms. The van der Waals surface area contributed by atoms with Gasteiger partial charge in [-0.05, 0) is 0 Å². The average Bonchev–Trinajstić information content (AvgIpc) is 1.62. The lowest BCUT2D eigenvalue weighted by atomic mass is 10.8. The monoisotopic (exact) mass is 156 g/mol. The third-order valence-electron chi connectivity index (χ3n) is 0.602. The summed E-state index contributed by atoms with van der Waals surface area (Å²) in [6, 6.07) is 0. The lowest BCUT2D eigenvalue weighted by Gasteiger charge is -2.01. The second kappa shape index (κ2) is 2.67. The van der Waals surface area contributed by atoms with E-state index < -0.39 is 15.4 Å². The minimum atomic E-state index is -3.55. The van der Waals surface area contributed by atoms with E-state index in [9.17, 15) is 8.42 Å². The van der Waals surface area contributed by atoms with Crippen molar-refractivity contribution in [2.24, 2.45) is 10.9 Å². The van der Waals surface area contributed by atoms with E-state index in [1.165, 1.54) is 0 Å². The Morgan fingerprint density at radius 3 is 2.00 bits per heavy atom. The number of primary sulfonamides is 1. The van der Waals surface area contributed by atoms with Gasteiger partial charge in [0.15, 0.2) is 0 Å². The highest BCUT2D eigenvalue weighted by molar-refractivity contribution is 7.91. The molecule has 4 N–H and O–H groups in total. The Hall–Kier alpha value is 0.220. The molecule has 0 fully saturated rings. The molecule has 1 atom stereocenters. The van der Waals surface area contributed by atoms with Gasteiger partial charge < -0.3 is 5.73 Å². The maximum atomic E-state index is 10.2. The number of hydrogen-bond acceptors (Lipinski definition) is 4. The zero-order valence-corrected chi connectivity index (χ0v) is 5.82. The lowest BCUT2D eigenvalue weighted by Crippen LogP contribution is -2.37. The van der Waals surface area contributed by atoms with E-state index >= 15 is 0 Å². The van der Waals surface area contributed by atoms with Gasteiger partial charge in [-0.2, -0.15) is 12.6 Å². The smallest absolute Gasteiger partial charge is 0.225 e. The second-order valence-corrected chi connectivity index (χ2v) is 3.46. The van der Waals surface area contributed by atoms with E-state index in [4.69, 9.17) is 5.73 Å². The first-order valence-electron chi connectivity index (χ1n) is 1.86. The molecular weight excluding hydrogens is 148 g/mol. The molecule has 0 aromatic carbocycles. The Morgan fingerprint density at radius 1 is 1.62 bits per heavy atom. The number of hydrogen-bond donors (Lipinski definition) is 3. The van der Waals surface area contributed by atoms with E-state index in [-0.39, 0.29) is 5.75 Å². The maximum Gasteiger partial charge on any atom is 0.225 e. The second-order valence-electron chi connectivity index (χ2n) is 1.31. The Bertz CT molecular complexity index is 151. The SMILES string of the molecule is N[C@@H](CS)S(N)(=O)=O. The lowest BCUT2D eigenvalue weighted by molar-refractivity contribution is 0.588. The van der Waals surface area contributed by atoms with Crippen LogP contribution in [0.4, 0.5) is 0 Å². The number of thiol groups is 1. The summed E-state index contributed by atoms with van der Waals surface area (Å²) in [5.74, 6) is 0.0544. The van der Waals surface area contributed by atoms with Crippen LogP contribution >= 0.6 is 12.6 Å². The molecule has 0 radical (unpaired) electrons. The van der Waals surface area contributed by atoms with Crippen LogP contribution in [0.1, 0.15) is 0 Å². The molecule has 0 aliphatic rings. The number of sulfonamides is 1. The summed E-state index contributed by atoms with van der Waals surface area (Å²) >= 11 is 3.62. The van der Waals surface area contributed by atoms with Gasteiger partial charge in [-0.15, -0.1) is 0 Å². The fourth-order valence-corrected chi connectivity index (χ4v) is 0.935. The molecule has 6 heteroatoms. The van der Waals surface area contributed by atoms with Gasteiger partial charge in [0.25, 0.3) is 0 Å². The van der Waals surface area contributed by atoms with Crippen LogP contribution in [-0.2, 0) is 10.0 Å². The predicted molar refractivity (Wildman–Crippen MR) is 34.9 cm³/mol. The molecule has 0 aromatic rings. The third kappa shape index (κ3) is 2.51. The summed E-state index contributed by atoms with van der Waals surface area (Å²) in [5.41, 5.74) is 4.96. The largest absolute Gasteiger partial charge is 0.313 e. The highest BCUT2D eigenvalue weighted by atomic mass is 32.2. The minimum Gasteiger partial charge on any atom is -0.313 e. The molecule has 50 valence electrons. The van der Waals surface area contributed by atoms with E-state index in [1.54, 1.807) is 0 Å². The van der Waals surface area contributed by atoms with Gasteiger partial charge in [0, 0.05) is 5.75 Å². The van der Waals surface area contributed by atoms with Crippen molar-refractivity contribution in [1.82, 2.24) is 0 Å². The first-order chi connectivity index (χ1) is 3.48. The van der Waals surface area contributed by atoms with Crippen molar-refractivity contribution in [2.75, 3.05) is 5.75 Å². The van der Waals surface area contributed by atoms with Crippen LogP contribution in [0.2, 0.25) is 0 Å². The molecule has 0 saturated carbocycles. The predicted octanol–water partition coefficient (Wildman–Crippen LogP) is -1.51. The summed E-state index contributed by atoms with van der Waals surface area (Å²) in [5, 5.41) is 3.55. The van der Waals surface area contributed by atoms with Gasteiger partial charge in [0.05, 0.1) is 0 Å². The average molecular weight is 156 g/mol. The van der Waals surface area contributed by atoms with Gasteiger partial charge in [0.2, 0.25) is 10.0 Å². The van der Waals surface area contributed by atoms with Crippen molar-refractivity contribution in [1.29, 1.82) is 0 Å².